The molecule has 0 radical (unpaired) electrons. The lowest BCUT2D eigenvalue weighted by molar-refractivity contribution is -0.127. The number of aromatic nitrogens is 2. The number of carbonyl (C=O) groups is 1. The Hall–Kier alpha value is -5.25. The molecule has 9 rings (SSSR count). The maximum absolute atomic E-state index is 14.2. The lowest BCUT2D eigenvalue weighted by atomic mass is 9.49. The number of rotatable bonds is 7. The van der Waals surface area contributed by atoms with Gasteiger partial charge in [0.05, 0.1) is 11.1 Å². The summed E-state index contributed by atoms with van der Waals surface area (Å²) in [5.74, 6) is -0.212. The molecule has 0 saturated carbocycles. The number of nitrogens with zero attached hydrogens (tertiary/aromatic N) is 3. The summed E-state index contributed by atoms with van der Waals surface area (Å²) in [6.07, 6.45) is 5.43. The molecule has 6 aromatic rings. The van der Waals surface area contributed by atoms with Crippen LogP contribution in [0.1, 0.15) is 58.3 Å². The monoisotopic (exact) mass is 616 g/mol. The molecule has 2 aromatic heterocycles. The van der Waals surface area contributed by atoms with Crippen LogP contribution in [0.2, 0.25) is 0 Å². The van der Waals surface area contributed by atoms with Crippen molar-refractivity contribution in [3.05, 3.63) is 177 Å². The van der Waals surface area contributed by atoms with Gasteiger partial charge < -0.3 is 9.88 Å². The van der Waals surface area contributed by atoms with Gasteiger partial charge in [-0.15, -0.1) is 11.3 Å². The van der Waals surface area contributed by atoms with E-state index in [9.17, 15) is 4.79 Å². The van der Waals surface area contributed by atoms with Gasteiger partial charge in [-0.05, 0) is 46.4 Å². The lowest BCUT2D eigenvalue weighted by Crippen LogP contribution is -2.53. The quantitative estimate of drug-likeness (QED) is 0.182. The van der Waals surface area contributed by atoms with Crippen LogP contribution in [-0.4, -0.2) is 15.5 Å². The second kappa shape index (κ2) is 11.0. The largest absolute Gasteiger partial charge is 0.349 e. The molecule has 46 heavy (non-hydrogen) atoms. The van der Waals surface area contributed by atoms with E-state index in [1.165, 1.54) is 33.6 Å². The van der Waals surface area contributed by atoms with Crippen molar-refractivity contribution in [2.75, 3.05) is 5.32 Å². The number of benzene rings is 4. The molecule has 0 spiro atoms. The highest BCUT2D eigenvalue weighted by Crippen LogP contribution is 2.64. The molecule has 1 atom stereocenters. The van der Waals surface area contributed by atoms with Crippen LogP contribution in [0.5, 0.6) is 0 Å². The molecule has 5 nitrogen and oxygen atoms in total. The van der Waals surface area contributed by atoms with Crippen molar-refractivity contribution in [3.63, 3.8) is 0 Å². The van der Waals surface area contributed by atoms with E-state index in [1.807, 2.05) is 42.6 Å². The number of fused-ring (bicyclic) bond motifs is 1. The van der Waals surface area contributed by atoms with E-state index in [1.54, 1.807) is 0 Å². The normalized spacial score (nSPS) is 20.8. The van der Waals surface area contributed by atoms with Crippen molar-refractivity contribution < 1.29 is 4.79 Å². The molecule has 3 aliphatic rings. The van der Waals surface area contributed by atoms with E-state index in [0.717, 1.165) is 34.5 Å². The first kappa shape index (κ1) is 28.2. The number of hydrogen-bond acceptors (Lipinski definition) is 3. The fourth-order valence-corrected chi connectivity index (χ4v) is 8.36. The van der Waals surface area contributed by atoms with Crippen LogP contribution in [0.25, 0.3) is 16.0 Å². The summed E-state index contributed by atoms with van der Waals surface area (Å²) in [5.41, 5.74) is 8.29. The summed E-state index contributed by atoms with van der Waals surface area (Å²) < 4.78 is 2.21. The molecular formula is C40H32N4OS. The van der Waals surface area contributed by atoms with E-state index in [4.69, 9.17) is 11.6 Å². The van der Waals surface area contributed by atoms with Crippen LogP contribution in [0.3, 0.4) is 0 Å². The molecule has 3 aliphatic carbocycles. The average molecular weight is 617 g/mol. The van der Waals surface area contributed by atoms with Gasteiger partial charge in [0.1, 0.15) is 0 Å². The highest BCUT2D eigenvalue weighted by molar-refractivity contribution is 7.13. The van der Waals surface area contributed by atoms with Gasteiger partial charge in [0, 0.05) is 54.2 Å². The molecule has 2 bridgehead atoms. The third kappa shape index (κ3) is 4.58. The number of nitrogens with one attached hydrogen (secondary N) is 1. The Kier molecular flexibility index (Phi) is 6.74. The third-order valence-electron chi connectivity index (χ3n) is 9.81. The summed E-state index contributed by atoms with van der Waals surface area (Å²) in [4.78, 5) is 23.2. The van der Waals surface area contributed by atoms with Gasteiger partial charge in [-0.3, -0.25) is 9.64 Å². The lowest BCUT2D eigenvalue weighted by Gasteiger charge is -2.51. The van der Waals surface area contributed by atoms with Crippen molar-refractivity contribution in [1.29, 1.82) is 0 Å². The fourth-order valence-electron chi connectivity index (χ4n) is 7.66. The maximum Gasteiger partial charge on any atom is 0.284 e. The molecule has 1 N–H and O–H groups in total. The highest BCUT2D eigenvalue weighted by atomic mass is 32.1. The van der Waals surface area contributed by atoms with Crippen LogP contribution in [0.4, 0.5) is 5.13 Å². The van der Waals surface area contributed by atoms with Crippen LogP contribution in [-0.2, 0) is 23.3 Å². The summed E-state index contributed by atoms with van der Waals surface area (Å²) in [6.45, 7) is 11.2. The Morgan fingerprint density at radius 2 is 1.57 bits per heavy atom. The molecule has 0 aliphatic heterocycles. The second-order valence-electron chi connectivity index (χ2n) is 12.7. The van der Waals surface area contributed by atoms with Crippen molar-refractivity contribution >= 4 is 22.4 Å². The van der Waals surface area contributed by atoms with Crippen molar-refractivity contribution in [2.45, 2.75) is 37.8 Å². The predicted octanol–water partition coefficient (Wildman–Crippen LogP) is 8.91. The Balaban J connectivity index is 0.981. The molecule has 0 saturated heterocycles. The van der Waals surface area contributed by atoms with Crippen LogP contribution in [0, 0.1) is 12.0 Å². The van der Waals surface area contributed by atoms with Gasteiger partial charge in [0.15, 0.2) is 5.13 Å². The molecule has 224 valence electrons. The summed E-state index contributed by atoms with van der Waals surface area (Å²) in [5, 5.41) is 5.78. The number of thiazole rings is 1. The van der Waals surface area contributed by atoms with Crippen molar-refractivity contribution in [1.82, 2.24) is 9.55 Å². The highest BCUT2D eigenvalue weighted by Gasteiger charge is 2.64. The first-order valence-electron chi connectivity index (χ1n) is 15.6. The Morgan fingerprint density at radius 3 is 2.26 bits per heavy atom. The summed E-state index contributed by atoms with van der Waals surface area (Å²) in [7, 11) is 0. The average Bonchev–Trinajstić information content (AvgIpc) is 3.75. The van der Waals surface area contributed by atoms with Gasteiger partial charge in [-0.25, -0.2) is 11.6 Å². The number of amides is 1. The van der Waals surface area contributed by atoms with Crippen molar-refractivity contribution in [3.8, 4) is 11.1 Å². The number of hydrogen-bond donors (Lipinski definition) is 1. The van der Waals surface area contributed by atoms with Gasteiger partial charge in [-0.1, -0.05) is 103 Å². The minimum absolute atomic E-state index is 0.0843. The first-order valence-corrected chi connectivity index (χ1v) is 16.5. The zero-order chi connectivity index (χ0) is 31.3. The zero-order valence-corrected chi connectivity index (χ0v) is 26.3. The van der Waals surface area contributed by atoms with Crippen LogP contribution >= 0.6 is 11.3 Å². The zero-order valence-electron chi connectivity index (χ0n) is 25.5. The maximum atomic E-state index is 14.2. The minimum atomic E-state index is -0.876. The van der Waals surface area contributed by atoms with Crippen LogP contribution < -0.4 is 5.32 Å². The first-order chi connectivity index (χ1) is 22.5. The molecular weight excluding hydrogens is 585 g/mol. The molecule has 1 amide bonds. The molecule has 0 fully saturated rings. The summed E-state index contributed by atoms with van der Waals surface area (Å²) >= 11 is 1.45. The second-order valence-corrected chi connectivity index (χ2v) is 13.6. The SMILES string of the molecule is [C-]#[N+]C12CC(C)(C(=O)Nc3nc(Cc4ccc(-c5ccn(Cc6ccccc6)c5)cc4)cs3)C(c3ccccc31)c1ccccc12. The Morgan fingerprint density at radius 1 is 0.891 bits per heavy atom. The van der Waals surface area contributed by atoms with E-state index in [-0.39, 0.29) is 11.8 Å². The van der Waals surface area contributed by atoms with Gasteiger partial charge >= 0.3 is 0 Å². The molecule has 1 unspecified atom stereocenters. The van der Waals surface area contributed by atoms with Crippen molar-refractivity contribution in [2.24, 2.45) is 5.41 Å². The van der Waals surface area contributed by atoms with Crippen LogP contribution in [0.15, 0.2) is 127 Å². The van der Waals surface area contributed by atoms with Gasteiger partial charge in [-0.2, -0.15) is 0 Å². The smallest absolute Gasteiger partial charge is 0.284 e. The number of anilines is 1. The minimum Gasteiger partial charge on any atom is -0.349 e. The Labute approximate surface area is 273 Å². The summed E-state index contributed by atoms with van der Waals surface area (Å²) in [6, 6.07) is 37.6. The van der Waals surface area contributed by atoms with E-state index in [2.05, 4.69) is 106 Å². The topological polar surface area (TPSA) is 51.3 Å². The third-order valence-corrected chi connectivity index (χ3v) is 10.6. The standard InChI is InChI=1S/C40H32N4OS/c1-39(26-40(41-2)34-14-8-6-12-32(34)36(39)33-13-7-9-15-35(33)40)37(45)43-38-42-31(25-46-38)22-27-16-18-29(19-17-27)30-20-21-44(24-30)23-28-10-4-3-5-11-28/h3-21,24-25,36H,22-23,26H2,1H3,(H,42,43,45). The fraction of sp³-hybridized carbons (Fsp3) is 0.175. The molecule has 2 heterocycles. The molecule has 4 aromatic carbocycles. The Bertz CT molecular complexity index is 2070. The molecule has 6 heteroatoms. The van der Waals surface area contributed by atoms with Gasteiger partial charge in [0.25, 0.3) is 5.54 Å². The van der Waals surface area contributed by atoms with E-state index < -0.39 is 11.0 Å². The predicted molar refractivity (Wildman–Crippen MR) is 184 cm³/mol. The number of carbonyl (C=O) groups excluding carboxylic acids is 1. The van der Waals surface area contributed by atoms with E-state index >= 15 is 0 Å². The van der Waals surface area contributed by atoms with Gasteiger partial charge in [0.2, 0.25) is 5.91 Å². The van der Waals surface area contributed by atoms with E-state index in [0.29, 0.717) is 18.0 Å².